The normalized spacial score (nSPS) is 19.5. The Morgan fingerprint density at radius 2 is 1.37 bits per heavy atom. The summed E-state index contributed by atoms with van der Waals surface area (Å²) < 4.78 is 4.88. The molecule has 0 bridgehead atoms. The van der Waals surface area contributed by atoms with Gasteiger partial charge in [-0.1, -0.05) is 0 Å². The molecule has 3 rings (SSSR count). The van der Waals surface area contributed by atoms with Gasteiger partial charge in [-0.15, -0.1) is 0 Å². The second-order valence-electron chi connectivity index (χ2n) is 6.27. The largest absolute Gasteiger partial charge is 0.467 e. The molecular weight excluding hydrogens is 348 g/mol. The van der Waals surface area contributed by atoms with Gasteiger partial charge in [0.15, 0.2) is 0 Å². The summed E-state index contributed by atoms with van der Waals surface area (Å²) in [5.41, 5.74) is 0.911. The molecule has 0 saturated carbocycles. The van der Waals surface area contributed by atoms with E-state index in [-0.39, 0.29) is 30.9 Å². The summed E-state index contributed by atoms with van der Waals surface area (Å²) in [6.07, 6.45) is 6.12. The summed E-state index contributed by atoms with van der Waals surface area (Å²) in [6.45, 7) is 2.13. The van der Waals surface area contributed by atoms with Gasteiger partial charge in [-0.3, -0.25) is 19.6 Å². The van der Waals surface area contributed by atoms with Gasteiger partial charge in [-0.05, 0) is 31.2 Å². The molecule has 0 aliphatic carbocycles. The average Bonchev–Trinajstić information content (AvgIpc) is 2.73. The second-order valence-corrected chi connectivity index (χ2v) is 6.27. The van der Waals surface area contributed by atoms with E-state index in [4.69, 9.17) is 4.74 Å². The number of aromatic nitrogens is 2. The molecule has 2 amide bonds. The van der Waals surface area contributed by atoms with Crippen LogP contribution in [0.4, 0.5) is 0 Å². The van der Waals surface area contributed by atoms with Crippen molar-refractivity contribution < 1.29 is 19.1 Å². The van der Waals surface area contributed by atoms with E-state index in [1.807, 2.05) is 6.92 Å². The number of methoxy groups -OCH3 is 1. The maximum absolute atomic E-state index is 12.9. The Hall–Kier alpha value is -3.29. The molecule has 2 unspecified atom stereocenters. The third-order valence-electron chi connectivity index (χ3n) is 4.59. The zero-order chi connectivity index (χ0) is 19.4. The zero-order valence-electron chi connectivity index (χ0n) is 15.1. The fourth-order valence-electron chi connectivity index (χ4n) is 3.14. The number of esters is 1. The van der Waals surface area contributed by atoms with Crippen molar-refractivity contribution in [3.05, 3.63) is 60.2 Å². The lowest BCUT2D eigenvalue weighted by atomic mass is 10.0. The quantitative estimate of drug-likeness (QED) is 0.751. The number of carbonyl (C=O) groups is 3. The van der Waals surface area contributed by atoms with Crippen LogP contribution in [0.3, 0.4) is 0 Å². The first-order valence-corrected chi connectivity index (χ1v) is 8.52. The number of ether oxygens (including phenoxy) is 1. The number of rotatable bonds is 3. The first kappa shape index (κ1) is 18.5. The highest BCUT2D eigenvalue weighted by atomic mass is 16.5. The van der Waals surface area contributed by atoms with Crippen molar-refractivity contribution in [2.45, 2.75) is 19.0 Å². The number of carbonyl (C=O) groups excluding carboxylic acids is 3. The van der Waals surface area contributed by atoms with Crippen molar-refractivity contribution in [3.63, 3.8) is 0 Å². The maximum Gasteiger partial charge on any atom is 0.330 e. The van der Waals surface area contributed by atoms with Crippen molar-refractivity contribution in [1.29, 1.82) is 0 Å². The summed E-state index contributed by atoms with van der Waals surface area (Å²) >= 11 is 0. The molecule has 3 heterocycles. The van der Waals surface area contributed by atoms with E-state index in [0.29, 0.717) is 11.1 Å². The maximum atomic E-state index is 12.9. The Morgan fingerprint density at radius 1 is 0.889 bits per heavy atom. The summed E-state index contributed by atoms with van der Waals surface area (Å²) in [6, 6.07) is 5.29. The Kier molecular flexibility index (Phi) is 5.44. The Balaban J connectivity index is 1.87. The monoisotopic (exact) mass is 368 g/mol. The van der Waals surface area contributed by atoms with E-state index >= 15 is 0 Å². The Bertz CT molecular complexity index is 828. The SMILES string of the molecule is COC(=O)C1CN(C(=O)c2ccncc2)C(C)CN1C(=O)c1ccncc1. The predicted molar refractivity (Wildman–Crippen MR) is 95.8 cm³/mol. The Labute approximate surface area is 156 Å². The van der Waals surface area contributed by atoms with Gasteiger partial charge in [-0.25, -0.2) is 4.79 Å². The molecule has 1 fully saturated rings. The van der Waals surface area contributed by atoms with Crippen molar-refractivity contribution in [3.8, 4) is 0 Å². The third kappa shape index (κ3) is 3.79. The number of hydrogen-bond acceptors (Lipinski definition) is 6. The predicted octanol–water partition coefficient (Wildman–Crippen LogP) is 1.00. The topological polar surface area (TPSA) is 92.7 Å². The molecule has 1 aliphatic heterocycles. The molecule has 1 saturated heterocycles. The van der Waals surface area contributed by atoms with Crippen molar-refractivity contribution in [2.75, 3.05) is 20.2 Å². The van der Waals surface area contributed by atoms with Crippen LogP contribution < -0.4 is 0 Å². The van der Waals surface area contributed by atoms with Gasteiger partial charge in [0.1, 0.15) is 6.04 Å². The third-order valence-corrected chi connectivity index (χ3v) is 4.59. The van der Waals surface area contributed by atoms with Crippen molar-refractivity contribution in [1.82, 2.24) is 19.8 Å². The molecule has 1 aliphatic rings. The van der Waals surface area contributed by atoms with Crippen LogP contribution in [0.2, 0.25) is 0 Å². The summed E-state index contributed by atoms with van der Waals surface area (Å²) in [5.74, 6) is -1.07. The molecule has 27 heavy (non-hydrogen) atoms. The minimum absolute atomic E-state index is 0.0613. The van der Waals surface area contributed by atoms with Gasteiger partial charge in [0, 0.05) is 48.5 Å². The fourth-order valence-corrected chi connectivity index (χ4v) is 3.14. The molecule has 0 N–H and O–H groups in total. The molecule has 8 nitrogen and oxygen atoms in total. The molecule has 2 atom stereocenters. The van der Waals surface area contributed by atoms with Crippen LogP contribution in [0.5, 0.6) is 0 Å². The van der Waals surface area contributed by atoms with E-state index in [1.165, 1.54) is 24.4 Å². The van der Waals surface area contributed by atoms with Gasteiger partial charge < -0.3 is 14.5 Å². The first-order chi connectivity index (χ1) is 13.0. The van der Waals surface area contributed by atoms with E-state index in [2.05, 4.69) is 9.97 Å². The minimum atomic E-state index is -0.877. The number of nitrogens with zero attached hydrogens (tertiary/aromatic N) is 4. The van der Waals surface area contributed by atoms with Crippen LogP contribution in [0.1, 0.15) is 27.6 Å². The molecule has 8 heteroatoms. The fraction of sp³-hybridized carbons (Fsp3) is 0.316. The summed E-state index contributed by atoms with van der Waals surface area (Å²) in [4.78, 5) is 49.0. The van der Waals surface area contributed by atoms with Crippen LogP contribution in [0.25, 0.3) is 0 Å². The molecule has 0 radical (unpaired) electrons. The smallest absolute Gasteiger partial charge is 0.330 e. The van der Waals surface area contributed by atoms with Gasteiger partial charge in [-0.2, -0.15) is 0 Å². The van der Waals surface area contributed by atoms with Crippen molar-refractivity contribution >= 4 is 17.8 Å². The molecule has 0 spiro atoms. The minimum Gasteiger partial charge on any atom is -0.467 e. The molecule has 2 aromatic rings. The van der Waals surface area contributed by atoms with Gasteiger partial charge >= 0.3 is 5.97 Å². The van der Waals surface area contributed by atoms with Crippen LogP contribution in [0, 0.1) is 0 Å². The van der Waals surface area contributed by atoms with Gasteiger partial charge in [0.25, 0.3) is 11.8 Å². The van der Waals surface area contributed by atoms with E-state index in [0.717, 1.165) is 0 Å². The number of hydrogen-bond donors (Lipinski definition) is 0. The molecule has 140 valence electrons. The van der Waals surface area contributed by atoms with E-state index in [9.17, 15) is 14.4 Å². The average molecular weight is 368 g/mol. The standard InChI is InChI=1S/C19H20N4O4/c1-13-11-23(18(25)15-5-9-21-10-6-15)16(19(26)27-2)12-22(13)17(24)14-3-7-20-8-4-14/h3-10,13,16H,11-12H2,1-2H3. The lowest BCUT2D eigenvalue weighted by Crippen LogP contribution is -2.63. The van der Waals surface area contributed by atoms with E-state index < -0.39 is 12.0 Å². The number of piperazine rings is 1. The number of pyridine rings is 2. The van der Waals surface area contributed by atoms with Crippen LogP contribution in [0.15, 0.2) is 49.1 Å². The number of amides is 2. The van der Waals surface area contributed by atoms with Crippen LogP contribution >= 0.6 is 0 Å². The zero-order valence-corrected chi connectivity index (χ0v) is 15.1. The lowest BCUT2D eigenvalue weighted by Gasteiger charge is -2.44. The molecule has 0 aromatic carbocycles. The van der Waals surface area contributed by atoms with Gasteiger partial charge in [0.2, 0.25) is 0 Å². The highest BCUT2D eigenvalue weighted by Gasteiger charge is 2.41. The van der Waals surface area contributed by atoms with Crippen LogP contribution in [-0.2, 0) is 9.53 Å². The summed E-state index contributed by atoms with van der Waals surface area (Å²) in [5, 5.41) is 0. The first-order valence-electron chi connectivity index (χ1n) is 8.52. The second kappa shape index (κ2) is 7.94. The van der Waals surface area contributed by atoms with Crippen molar-refractivity contribution in [2.24, 2.45) is 0 Å². The van der Waals surface area contributed by atoms with E-state index in [1.54, 1.807) is 41.6 Å². The summed E-state index contributed by atoms with van der Waals surface area (Å²) in [7, 11) is 1.27. The molecule has 2 aromatic heterocycles. The molecular formula is C19H20N4O4. The highest BCUT2D eigenvalue weighted by molar-refractivity contribution is 5.98. The Morgan fingerprint density at radius 3 is 1.85 bits per heavy atom. The van der Waals surface area contributed by atoms with Crippen LogP contribution in [-0.4, -0.2) is 69.8 Å². The lowest BCUT2D eigenvalue weighted by molar-refractivity contribution is -0.148. The highest BCUT2D eigenvalue weighted by Crippen LogP contribution is 2.21. The van der Waals surface area contributed by atoms with Gasteiger partial charge in [0.05, 0.1) is 13.7 Å².